The number of aromatic nitrogens is 1. The number of fused-ring (bicyclic) bond motifs is 3. The third-order valence-corrected chi connectivity index (χ3v) is 5.72. The highest BCUT2D eigenvalue weighted by Gasteiger charge is 2.33. The van der Waals surface area contributed by atoms with Gasteiger partial charge in [-0.1, -0.05) is 25.4 Å². The SMILES string of the molecule is COc1ccc2oc3c(c2c1Cl)NC(c1csc(NC(=O)C(C)C)n1)CC3=O. The van der Waals surface area contributed by atoms with Crippen molar-refractivity contribution in [2.45, 2.75) is 26.3 Å². The van der Waals surface area contributed by atoms with Gasteiger partial charge in [0.2, 0.25) is 11.7 Å². The fraction of sp³-hybridized carbons (Fsp3) is 0.316. The van der Waals surface area contributed by atoms with E-state index < -0.39 is 0 Å². The number of hydrogen-bond donors (Lipinski definition) is 2. The van der Waals surface area contributed by atoms with Gasteiger partial charge in [0.1, 0.15) is 11.3 Å². The van der Waals surface area contributed by atoms with E-state index in [4.69, 9.17) is 20.8 Å². The Morgan fingerprint density at radius 2 is 2.25 bits per heavy atom. The Bertz CT molecular complexity index is 1090. The number of carbonyl (C=O) groups is 2. The molecule has 2 aromatic heterocycles. The lowest BCUT2D eigenvalue weighted by atomic mass is 9.99. The van der Waals surface area contributed by atoms with Crippen molar-refractivity contribution >= 4 is 56.4 Å². The molecule has 0 fully saturated rings. The number of ether oxygens (including phenoxy) is 1. The molecule has 0 bridgehead atoms. The Balaban J connectivity index is 1.68. The lowest BCUT2D eigenvalue weighted by Crippen LogP contribution is -2.22. The molecule has 4 rings (SSSR count). The molecule has 1 unspecified atom stereocenters. The second-order valence-electron chi connectivity index (χ2n) is 6.81. The Labute approximate surface area is 170 Å². The first-order chi connectivity index (χ1) is 13.4. The van der Waals surface area contributed by atoms with E-state index in [0.717, 1.165) is 0 Å². The first kappa shape index (κ1) is 18.8. The fourth-order valence-corrected chi connectivity index (χ4v) is 4.15. The molecule has 0 radical (unpaired) electrons. The number of anilines is 2. The highest BCUT2D eigenvalue weighted by Crippen LogP contribution is 2.45. The zero-order chi connectivity index (χ0) is 20.0. The fourth-order valence-electron chi connectivity index (χ4n) is 3.06. The van der Waals surface area contributed by atoms with Crippen molar-refractivity contribution < 1.29 is 18.7 Å². The van der Waals surface area contributed by atoms with Crippen molar-refractivity contribution in [1.82, 2.24) is 4.98 Å². The number of nitrogens with one attached hydrogen (secondary N) is 2. The van der Waals surface area contributed by atoms with Gasteiger partial charge < -0.3 is 19.8 Å². The van der Waals surface area contributed by atoms with Crippen LogP contribution in [-0.4, -0.2) is 23.8 Å². The Hall–Kier alpha value is -2.58. The van der Waals surface area contributed by atoms with Gasteiger partial charge >= 0.3 is 0 Å². The average molecular weight is 420 g/mol. The van der Waals surface area contributed by atoms with Gasteiger partial charge in [-0.2, -0.15) is 0 Å². The van der Waals surface area contributed by atoms with Crippen LogP contribution in [0.4, 0.5) is 10.8 Å². The summed E-state index contributed by atoms with van der Waals surface area (Å²) in [5, 5.41) is 9.43. The van der Waals surface area contributed by atoms with Crippen LogP contribution in [0.3, 0.4) is 0 Å². The van der Waals surface area contributed by atoms with Crippen LogP contribution in [-0.2, 0) is 4.79 Å². The van der Waals surface area contributed by atoms with E-state index in [0.29, 0.717) is 38.3 Å². The number of methoxy groups -OCH3 is 1. The number of nitrogens with zero attached hydrogens (tertiary/aromatic N) is 1. The van der Waals surface area contributed by atoms with Gasteiger partial charge in [-0.05, 0) is 12.1 Å². The average Bonchev–Trinajstić information content (AvgIpc) is 3.27. The maximum absolute atomic E-state index is 12.7. The van der Waals surface area contributed by atoms with Gasteiger partial charge in [0, 0.05) is 17.7 Å². The van der Waals surface area contributed by atoms with E-state index in [-0.39, 0.29) is 35.8 Å². The maximum atomic E-state index is 12.7. The van der Waals surface area contributed by atoms with Gasteiger partial charge in [-0.15, -0.1) is 11.3 Å². The highest BCUT2D eigenvalue weighted by molar-refractivity contribution is 7.13. The molecule has 1 atom stereocenters. The molecule has 3 heterocycles. The number of ketones is 1. The number of amides is 1. The molecule has 0 spiro atoms. The standard InChI is InChI=1S/C19H18ClN3O4S/c1-8(2)18(25)23-19-22-10(7-28-19)9-6-11(24)17-16(21-9)14-12(27-17)4-5-13(26-3)15(14)20/h4-5,7-9,21H,6H2,1-3H3,(H,22,23,25). The van der Waals surface area contributed by atoms with Crippen molar-refractivity contribution in [1.29, 1.82) is 0 Å². The predicted octanol–water partition coefficient (Wildman–Crippen LogP) is 4.89. The van der Waals surface area contributed by atoms with E-state index in [1.165, 1.54) is 18.4 Å². The number of furan rings is 1. The molecule has 0 saturated carbocycles. The molecule has 3 aromatic rings. The summed E-state index contributed by atoms with van der Waals surface area (Å²) in [4.78, 5) is 29.0. The van der Waals surface area contributed by atoms with Crippen LogP contribution in [0.25, 0.3) is 11.0 Å². The largest absolute Gasteiger partial charge is 0.495 e. The molecular weight excluding hydrogens is 402 g/mol. The third-order valence-electron chi connectivity index (χ3n) is 4.57. The maximum Gasteiger partial charge on any atom is 0.228 e. The Morgan fingerprint density at radius 1 is 1.46 bits per heavy atom. The lowest BCUT2D eigenvalue weighted by molar-refractivity contribution is -0.118. The smallest absolute Gasteiger partial charge is 0.228 e. The van der Waals surface area contributed by atoms with E-state index in [1.54, 1.807) is 12.1 Å². The summed E-state index contributed by atoms with van der Waals surface area (Å²) in [6.45, 7) is 3.63. The minimum atomic E-state index is -0.344. The molecule has 1 aromatic carbocycles. The number of carbonyl (C=O) groups excluding carboxylic acids is 2. The van der Waals surface area contributed by atoms with E-state index in [2.05, 4.69) is 15.6 Å². The minimum Gasteiger partial charge on any atom is -0.495 e. The summed E-state index contributed by atoms with van der Waals surface area (Å²) in [6, 6.07) is 3.08. The monoisotopic (exact) mass is 419 g/mol. The van der Waals surface area contributed by atoms with Crippen LogP contribution in [0.5, 0.6) is 5.75 Å². The van der Waals surface area contributed by atoms with Crippen LogP contribution in [0, 0.1) is 5.92 Å². The number of halogens is 1. The first-order valence-electron chi connectivity index (χ1n) is 8.74. The zero-order valence-electron chi connectivity index (χ0n) is 15.5. The Kier molecular flexibility index (Phi) is 4.76. The second kappa shape index (κ2) is 7.10. The summed E-state index contributed by atoms with van der Waals surface area (Å²) >= 11 is 7.78. The van der Waals surface area contributed by atoms with Crippen molar-refractivity contribution in [2.24, 2.45) is 5.92 Å². The number of thiazole rings is 1. The summed E-state index contributed by atoms with van der Waals surface area (Å²) in [5.74, 6) is 0.381. The van der Waals surface area contributed by atoms with Gasteiger partial charge in [0.15, 0.2) is 10.9 Å². The van der Waals surface area contributed by atoms with E-state index in [9.17, 15) is 9.59 Å². The quantitative estimate of drug-likeness (QED) is 0.625. The molecule has 1 aliphatic rings. The summed E-state index contributed by atoms with van der Waals surface area (Å²) in [7, 11) is 1.53. The van der Waals surface area contributed by atoms with Crippen LogP contribution < -0.4 is 15.4 Å². The first-order valence-corrected chi connectivity index (χ1v) is 9.99. The molecule has 0 saturated heterocycles. The van der Waals surface area contributed by atoms with Crippen LogP contribution >= 0.6 is 22.9 Å². The molecule has 7 nitrogen and oxygen atoms in total. The Morgan fingerprint density at radius 3 is 2.96 bits per heavy atom. The highest BCUT2D eigenvalue weighted by atomic mass is 35.5. The molecule has 1 amide bonds. The molecule has 1 aliphatic heterocycles. The normalized spacial score (nSPS) is 16.2. The minimum absolute atomic E-state index is 0.101. The third kappa shape index (κ3) is 3.12. The van der Waals surface area contributed by atoms with Crippen molar-refractivity contribution in [3.8, 4) is 5.75 Å². The molecule has 2 N–H and O–H groups in total. The van der Waals surface area contributed by atoms with Gasteiger partial charge in [-0.3, -0.25) is 9.59 Å². The van der Waals surface area contributed by atoms with Crippen molar-refractivity contribution in [3.63, 3.8) is 0 Å². The molecule has 28 heavy (non-hydrogen) atoms. The molecular formula is C19H18ClN3O4S. The van der Waals surface area contributed by atoms with Crippen molar-refractivity contribution in [3.05, 3.63) is 34.0 Å². The van der Waals surface area contributed by atoms with Crippen LogP contribution in [0.2, 0.25) is 5.02 Å². The number of Topliss-reactive ketones (excluding diaryl/α,β-unsaturated/α-hetero) is 1. The van der Waals surface area contributed by atoms with Crippen LogP contribution in [0.15, 0.2) is 21.9 Å². The predicted molar refractivity (Wildman–Crippen MR) is 109 cm³/mol. The second-order valence-corrected chi connectivity index (χ2v) is 8.04. The van der Waals surface area contributed by atoms with Gasteiger partial charge in [0.05, 0.1) is 34.9 Å². The van der Waals surface area contributed by atoms with Gasteiger partial charge in [-0.25, -0.2) is 4.98 Å². The number of rotatable bonds is 4. The molecule has 9 heteroatoms. The summed E-state index contributed by atoms with van der Waals surface area (Å²) < 4.78 is 11.0. The van der Waals surface area contributed by atoms with E-state index >= 15 is 0 Å². The van der Waals surface area contributed by atoms with E-state index in [1.807, 2.05) is 19.2 Å². The lowest BCUT2D eigenvalue weighted by Gasteiger charge is -2.22. The van der Waals surface area contributed by atoms with Crippen molar-refractivity contribution in [2.75, 3.05) is 17.7 Å². The molecule has 146 valence electrons. The summed E-state index contributed by atoms with van der Waals surface area (Å²) in [6.07, 6.45) is 0.197. The topological polar surface area (TPSA) is 93.5 Å². The number of benzene rings is 1. The number of hydrogen-bond acceptors (Lipinski definition) is 7. The molecule has 0 aliphatic carbocycles. The summed E-state index contributed by atoms with van der Waals surface area (Å²) in [5.41, 5.74) is 1.73. The zero-order valence-corrected chi connectivity index (χ0v) is 17.0. The van der Waals surface area contributed by atoms with Crippen LogP contribution in [0.1, 0.15) is 42.6 Å². The van der Waals surface area contributed by atoms with Gasteiger partial charge in [0.25, 0.3) is 0 Å².